The fraction of sp³-hybridized carbons (Fsp3) is 0.0833. The van der Waals surface area contributed by atoms with Gasteiger partial charge in [-0.15, -0.1) is 0 Å². The smallest absolute Gasteiger partial charge is 0.300 e. The van der Waals surface area contributed by atoms with Crippen LogP contribution in [0.3, 0.4) is 0 Å². The van der Waals surface area contributed by atoms with Crippen LogP contribution in [0.25, 0.3) is 5.76 Å². The lowest BCUT2D eigenvalue weighted by molar-refractivity contribution is -0.132. The molecule has 1 unspecified atom stereocenters. The van der Waals surface area contributed by atoms with Gasteiger partial charge in [-0.1, -0.05) is 58.4 Å². The molecule has 1 saturated heterocycles. The van der Waals surface area contributed by atoms with Crippen molar-refractivity contribution in [3.63, 3.8) is 0 Å². The number of ketones is 1. The molecule has 0 spiro atoms. The monoisotopic (exact) mass is 465 g/mol. The molecule has 1 N–H and O–H groups in total. The lowest BCUT2D eigenvalue weighted by Gasteiger charge is -2.26. The first kappa shape index (κ1) is 20.0. The standard InChI is InChI=1S/C24H17BrFNO3/c1-14-5-2-3-8-19(14)21-20(22(28)15-9-11-16(25)12-10-15)23(29)24(30)27(21)18-7-4-6-17(26)13-18/h2-13,21,28H,1H3/b22-20+. The van der Waals surface area contributed by atoms with E-state index in [1.165, 1.54) is 23.1 Å². The van der Waals surface area contributed by atoms with Gasteiger partial charge in [0.15, 0.2) is 0 Å². The maximum Gasteiger partial charge on any atom is 0.300 e. The summed E-state index contributed by atoms with van der Waals surface area (Å²) in [4.78, 5) is 27.3. The Kier molecular flexibility index (Phi) is 5.26. The van der Waals surface area contributed by atoms with E-state index < -0.39 is 23.5 Å². The number of aryl methyl sites for hydroxylation is 1. The number of hydrogen-bond donors (Lipinski definition) is 1. The topological polar surface area (TPSA) is 57.6 Å². The lowest BCUT2D eigenvalue weighted by Crippen LogP contribution is -2.29. The predicted octanol–water partition coefficient (Wildman–Crippen LogP) is 5.52. The van der Waals surface area contributed by atoms with Crippen LogP contribution in [0, 0.1) is 12.7 Å². The van der Waals surface area contributed by atoms with Crippen molar-refractivity contribution in [2.45, 2.75) is 13.0 Å². The summed E-state index contributed by atoms with van der Waals surface area (Å²) in [5, 5.41) is 11.0. The van der Waals surface area contributed by atoms with Gasteiger partial charge in [0, 0.05) is 15.7 Å². The van der Waals surface area contributed by atoms with Gasteiger partial charge in [-0.3, -0.25) is 14.5 Å². The minimum atomic E-state index is -0.878. The predicted molar refractivity (Wildman–Crippen MR) is 117 cm³/mol. The zero-order valence-corrected chi connectivity index (χ0v) is 17.6. The molecule has 0 bridgehead atoms. The van der Waals surface area contributed by atoms with Crippen LogP contribution in [0.1, 0.15) is 22.7 Å². The highest BCUT2D eigenvalue weighted by atomic mass is 79.9. The molecule has 6 heteroatoms. The average Bonchev–Trinajstić information content (AvgIpc) is 2.99. The normalized spacial score (nSPS) is 18.1. The second kappa shape index (κ2) is 7.88. The summed E-state index contributed by atoms with van der Waals surface area (Å²) in [6.07, 6.45) is 0. The lowest BCUT2D eigenvalue weighted by atomic mass is 9.92. The Morgan fingerprint density at radius 1 is 1.00 bits per heavy atom. The average molecular weight is 466 g/mol. The van der Waals surface area contributed by atoms with Gasteiger partial charge in [-0.2, -0.15) is 0 Å². The highest BCUT2D eigenvalue weighted by Gasteiger charge is 2.47. The summed E-state index contributed by atoms with van der Waals surface area (Å²) in [6.45, 7) is 1.86. The Labute approximate surface area is 181 Å². The number of Topliss-reactive ketones (excluding diaryl/α,β-unsaturated/α-hetero) is 1. The molecule has 150 valence electrons. The van der Waals surface area contributed by atoms with Gasteiger partial charge in [-0.25, -0.2) is 4.39 Å². The van der Waals surface area contributed by atoms with Crippen LogP contribution in [-0.2, 0) is 9.59 Å². The van der Waals surface area contributed by atoms with Crippen LogP contribution in [0.4, 0.5) is 10.1 Å². The first-order valence-electron chi connectivity index (χ1n) is 9.26. The molecule has 1 atom stereocenters. The molecule has 3 aromatic carbocycles. The van der Waals surface area contributed by atoms with Crippen molar-refractivity contribution >= 4 is 39.1 Å². The molecule has 1 heterocycles. The zero-order valence-electron chi connectivity index (χ0n) is 16.0. The molecule has 0 aromatic heterocycles. The van der Waals surface area contributed by atoms with Crippen LogP contribution in [0.15, 0.2) is 82.8 Å². The molecular weight excluding hydrogens is 449 g/mol. The molecular formula is C24H17BrFNO3. The molecule has 0 radical (unpaired) electrons. The van der Waals surface area contributed by atoms with Gasteiger partial charge in [0.05, 0.1) is 11.6 Å². The first-order valence-corrected chi connectivity index (χ1v) is 10.1. The number of benzene rings is 3. The second-order valence-corrected chi connectivity index (χ2v) is 7.93. The minimum Gasteiger partial charge on any atom is -0.507 e. The zero-order chi connectivity index (χ0) is 21.4. The van der Waals surface area contributed by atoms with Gasteiger partial charge < -0.3 is 5.11 Å². The number of nitrogens with zero attached hydrogens (tertiary/aromatic N) is 1. The number of rotatable bonds is 3. The Hall–Kier alpha value is -3.25. The molecule has 3 aromatic rings. The molecule has 1 aliphatic rings. The van der Waals surface area contributed by atoms with Crippen LogP contribution in [0.2, 0.25) is 0 Å². The molecule has 1 aliphatic heterocycles. The van der Waals surface area contributed by atoms with E-state index in [2.05, 4.69) is 15.9 Å². The van der Waals surface area contributed by atoms with E-state index in [1.807, 2.05) is 19.1 Å². The fourth-order valence-electron chi connectivity index (χ4n) is 3.68. The van der Waals surface area contributed by atoms with E-state index in [4.69, 9.17) is 0 Å². The highest BCUT2D eigenvalue weighted by molar-refractivity contribution is 9.10. The van der Waals surface area contributed by atoms with Crippen LogP contribution < -0.4 is 4.90 Å². The third kappa shape index (κ3) is 3.44. The van der Waals surface area contributed by atoms with Crippen molar-refractivity contribution < 1.29 is 19.1 Å². The number of hydrogen-bond acceptors (Lipinski definition) is 3. The van der Waals surface area contributed by atoms with Gasteiger partial charge >= 0.3 is 0 Å². The van der Waals surface area contributed by atoms with Crippen molar-refractivity contribution in [1.29, 1.82) is 0 Å². The molecule has 1 fully saturated rings. The maximum absolute atomic E-state index is 13.9. The third-order valence-electron chi connectivity index (χ3n) is 5.13. The molecule has 4 rings (SSSR count). The van der Waals surface area contributed by atoms with E-state index in [0.29, 0.717) is 11.1 Å². The number of carbonyl (C=O) groups is 2. The fourth-order valence-corrected chi connectivity index (χ4v) is 3.94. The Morgan fingerprint density at radius 3 is 2.37 bits per heavy atom. The van der Waals surface area contributed by atoms with E-state index in [1.54, 1.807) is 42.5 Å². The van der Waals surface area contributed by atoms with Gasteiger partial charge in [0.25, 0.3) is 11.7 Å². The van der Waals surface area contributed by atoms with Gasteiger partial charge in [0.1, 0.15) is 11.6 Å². The summed E-state index contributed by atoms with van der Waals surface area (Å²) in [6, 6.07) is 18.7. The van der Waals surface area contributed by atoms with Crippen molar-refractivity contribution in [2.75, 3.05) is 4.90 Å². The summed E-state index contributed by atoms with van der Waals surface area (Å²) >= 11 is 3.34. The van der Waals surface area contributed by atoms with E-state index in [-0.39, 0.29) is 17.0 Å². The number of amides is 1. The molecule has 1 amide bonds. The molecule has 0 saturated carbocycles. The number of aliphatic hydroxyl groups excluding tert-OH is 1. The number of halogens is 2. The number of anilines is 1. The summed E-state index contributed by atoms with van der Waals surface area (Å²) in [5.41, 5.74) is 2.15. The Morgan fingerprint density at radius 2 is 1.70 bits per heavy atom. The third-order valence-corrected chi connectivity index (χ3v) is 5.66. The Balaban J connectivity index is 1.98. The van der Waals surface area contributed by atoms with Crippen molar-refractivity contribution in [3.05, 3.63) is 105 Å². The van der Waals surface area contributed by atoms with Gasteiger partial charge in [-0.05, 0) is 48.4 Å². The summed E-state index contributed by atoms with van der Waals surface area (Å²) in [5.74, 6) is -2.42. The van der Waals surface area contributed by atoms with E-state index in [0.717, 1.165) is 10.0 Å². The number of aliphatic hydroxyl groups is 1. The second-order valence-electron chi connectivity index (χ2n) is 7.01. The van der Waals surface area contributed by atoms with Crippen LogP contribution >= 0.6 is 15.9 Å². The quantitative estimate of drug-likeness (QED) is 0.314. The van der Waals surface area contributed by atoms with Crippen molar-refractivity contribution in [3.8, 4) is 0 Å². The van der Waals surface area contributed by atoms with E-state index in [9.17, 15) is 19.1 Å². The molecule has 30 heavy (non-hydrogen) atoms. The van der Waals surface area contributed by atoms with Crippen LogP contribution in [0.5, 0.6) is 0 Å². The number of carbonyl (C=O) groups excluding carboxylic acids is 2. The SMILES string of the molecule is Cc1ccccc1C1/C(=C(\O)c2ccc(Br)cc2)C(=O)C(=O)N1c1cccc(F)c1. The van der Waals surface area contributed by atoms with Gasteiger partial charge in [0.2, 0.25) is 0 Å². The Bertz CT molecular complexity index is 1190. The van der Waals surface area contributed by atoms with E-state index >= 15 is 0 Å². The van der Waals surface area contributed by atoms with Crippen molar-refractivity contribution in [1.82, 2.24) is 0 Å². The largest absolute Gasteiger partial charge is 0.507 e. The minimum absolute atomic E-state index is 0.0270. The first-order chi connectivity index (χ1) is 14.4. The van der Waals surface area contributed by atoms with Crippen LogP contribution in [-0.4, -0.2) is 16.8 Å². The van der Waals surface area contributed by atoms with Crippen molar-refractivity contribution in [2.24, 2.45) is 0 Å². The summed E-state index contributed by atoms with van der Waals surface area (Å²) in [7, 11) is 0. The molecule has 4 nitrogen and oxygen atoms in total. The molecule has 0 aliphatic carbocycles. The maximum atomic E-state index is 13.9. The summed E-state index contributed by atoms with van der Waals surface area (Å²) < 4.78 is 14.7. The highest BCUT2D eigenvalue weighted by Crippen LogP contribution is 2.43.